The minimum absolute atomic E-state index is 0.281. The summed E-state index contributed by atoms with van der Waals surface area (Å²) in [6.07, 6.45) is 2.79. The molecular formula is C17H26N2O2. The van der Waals surface area contributed by atoms with Gasteiger partial charge >= 0.3 is 0 Å². The minimum Gasteiger partial charge on any atom is -0.496 e. The molecule has 1 saturated heterocycles. The van der Waals surface area contributed by atoms with Crippen molar-refractivity contribution in [1.82, 2.24) is 9.80 Å². The third-order valence-electron chi connectivity index (χ3n) is 4.14. The normalized spacial score (nSPS) is 16.0. The van der Waals surface area contributed by atoms with Gasteiger partial charge in [0.2, 0.25) is 5.91 Å². The van der Waals surface area contributed by atoms with Gasteiger partial charge in [-0.1, -0.05) is 25.1 Å². The molecular weight excluding hydrogens is 264 g/mol. The maximum atomic E-state index is 11.6. The predicted molar refractivity (Wildman–Crippen MR) is 84.6 cm³/mol. The van der Waals surface area contributed by atoms with Crippen molar-refractivity contribution in [3.63, 3.8) is 0 Å². The summed E-state index contributed by atoms with van der Waals surface area (Å²) in [5, 5.41) is 0. The molecule has 0 aliphatic carbocycles. The Morgan fingerprint density at radius 3 is 2.57 bits per heavy atom. The summed E-state index contributed by atoms with van der Waals surface area (Å²) in [5.41, 5.74) is 1.28. The lowest BCUT2D eigenvalue weighted by molar-refractivity contribution is -0.132. The van der Waals surface area contributed by atoms with Crippen LogP contribution in [0.3, 0.4) is 0 Å². The molecule has 0 saturated carbocycles. The van der Waals surface area contributed by atoms with Crippen LogP contribution in [0, 0.1) is 0 Å². The zero-order chi connectivity index (χ0) is 15.1. The van der Waals surface area contributed by atoms with Crippen LogP contribution in [0.2, 0.25) is 0 Å². The van der Waals surface area contributed by atoms with Crippen molar-refractivity contribution in [3.05, 3.63) is 29.8 Å². The molecule has 2 rings (SSSR count). The molecule has 0 bridgehead atoms. The van der Waals surface area contributed by atoms with Crippen molar-refractivity contribution < 1.29 is 9.53 Å². The van der Waals surface area contributed by atoms with Crippen LogP contribution in [-0.4, -0.2) is 55.5 Å². The topological polar surface area (TPSA) is 32.8 Å². The van der Waals surface area contributed by atoms with E-state index >= 15 is 0 Å². The second kappa shape index (κ2) is 8.03. The Hall–Kier alpha value is -1.55. The molecule has 0 aromatic heterocycles. The van der Waals surface area contributed by atoms with Crippen LogP contribution < -0.4 is 4.74 Å². The first kappa shape index (κ1) is 15.8. The van der Waals surface area contributed by atoms with E-state index in [9.17, 15) is 4.79 Å². The molecule has 1 aromatic carbocycles. The lowest BCUT2D eigenvalue weighted by Gasteiger charge is -2.34. The van der Waals surface area contributed by atoms with Crippen LogP contribution in [0.25, 0.3) is 0 Å². The van der Waals surface area contributed by atoms with Gasteiger partial charge in [-0.2, -0.15) is 0 Å². The van der Waals surface area contributed by atoms with Crippen molar-refractivity contribution in [2.24, 2.45) is 0 Å². The van der Waals surface area contributed by atoms with Crippen molar-refractivity contribution >= 4 is 5.91 Å². The molecule has 0 spiro atoms. The minimum atomic E-state index is 0.281. The van der Waals surface area contributed by atoms with Gasteiger partial charge in [0.05, 0.1) is 7.11 Å². The smallest absolute Gasteiger partial charge is 0.222 e. The van der Waals surface area contributed by atoms with Crippen molar-refractivity contribution in [2.75, 3.05) is 39.8 Å². The Bertz CT molecular complexity index is 454. The summed E-state index contributed by atoms with van der Waals surface area (Å²) in [7, 11) is 1.72. The number of piperazine rings is 1. The molecule has 116 valence electrons. The Labute approximate surface area is 127 Å². The number of amides is 1. The summed E-state index contributed by atoms with van der Waals surface area (Å²) < 4.78 is 5.38. The first-order valence-electron chi connectivity index (χ1n) is 7.86. The van der Waals surface area contributed by atoms with Gasteiger partial charge in [-0.15, -0.1) is 0 Å². The molecule has 0 radical (unpaired) electrons. The number of hydrogen-bond donors (Lipinski definition) is 0. The zero-order valence-electron chi connectivity index (χ0n) is 13.2. The van der Waals surface area contributed by atoms with E-state index < -0.39 is 0 Å². The third kappa shape index (κ3) is 4.46. The highest BCUT2D eigenvalue weighted by atomic mass is 16.5. The molecule has 0 unspecified atom stereocenters. The molecule has 1 amide bonds. The number of para-hydroxylation sites is 1. The fraction of sp³-hybridized carbons (Fsp3) is 0.588. The lowest BCUT2D eigenvalue weighted by Crippen LogP contribution is -2.48. The number of nitrogens with zero attached hydrogens (tertiary/aromatic N) is 2. The molecule has 1 aliphatic heterocycles. The standard InChI is InChI=1S/C17H26N2O2/c1-3-17(20)19-13-11-18(12-14-19)10-6-8-15-7-4-5-9-16(15)21-2/h4-5,7,9H,3,6,8,10-14H2,1-2H3. The van der Waals surface area contributed by atoms with E-state index in [0.717, 1.165) is 51.3 Å². The summed E-state index contributed by atoms with van der Waals surface area (Å²) in [4.78, 5) is 16.1. The highest BCUT2D eigenvalue weighted by Gasteiger charge is 2.19. The van der Waals surface area contributed by atoms with Gasteiger partial charge in [-0.25, -0.2) is 0 Å². The summed E-state index contributed by atoms with van der Waals surface area (Å²) >= 11 is 0. The van der Waals surface area contributed by atoms with Crippen LogP contribution >= 0.6 is 0 Å². The van der Waals surface area contributed by atoms with E-state index in [1.165, 1.54) is 5.56 Å². The molecule has 1 aliphatic rings. The van der Waals surface area contributed by atoms with Gasteiger partial charge in [0.25, 0.3) is 0 Å². The van der Waals surface area contributed by atoms with Crippen LogP contribution in [0.15, 0.2) is 24.3 Å². The average molecular weight is 290 g/mol. The number of ether oxygens (including phenoxy) is 1. The molecule has 4 nitrogen and oxygen atoms in total. The molecule has 0 N–H and O–H groups in total. The van der Waals surface area contributed by atoms with Gasteiger partial charge in [-0.3, -0.25) is 9.69 Å². The van der Waals surface area contributed by atoms with Crippen LogP contribution in [0.5, 0.6) is 5.75 Å². The van der Waals surface area contributed by atoms with Gasteiger partial charge in [0.1, 0.15) is 5.75 Å². The van der Waals surface area contributed by atoms with Gasteiger partial charge in [0.15, 0.2) is 0 Å². The number of methoxy groups -OCH3 is 1. The van der Waals surface area contributed by atoms with Crippen molar-refractivity contribution in [2.45, 2.75) is 26.2 Å². The first-order valence-corrected chi connectivity index (χ1v) is 7.86. The van der Waals surface area contributed by atoms with E-state index in [1.807, 2.05) is 24.0 Å². The number of benzene rings is 1. The first-order chi connectivity index (χ1) is 10.2. The largest absolute Gasteiger partial charge is 0.496 e. The van der Waals surface area contributed by atoms with Crippen LogP contribution in [0.1, 0.15) is 25.3 Å². The predicted octanol–water partition coefficient (Wildman–Crippen LogP) is 2.18. The Balaban J connectivity index is 1.72. The van der Waals surface area contributed by atoms with Crippen molar-refractivity contribution in [1.29, 1.82) is 0 Å². The second-order valence-electron chi connectivity index (χ2n) is 5.49. The third-order valence-corrected chi connectivity index (χ3v) is 4.14. The summed E-state index contributed by atoms with van der Waals surface area (Å²) in [6, 6.07) is 8.22. The Morgan fingerprint density at radius 1 is 1.19 bits per heavy atom. The molecule has 4 heteroatoms. The number of carbonyl (C=O) groups excluding carboxylic acids is 1. The van der Waals surface area contributed by atoms with Gasteiger partial charge < -0.3 is 9.64 Å². The SMILES string of the molecule is CCC(=O)N1CCN(CCCc2ccccc2OC)CC1. The number of carbonyl (C=O) groups is 1. The molecule has 0 atom stereocenters. The molecule has 21 heavy (non-hydrogen) atoms. The number of rotatable bonds is 6. The van der Waals surface area contributed by atoms with Gasteiger partial charge in [-0.05, 0) is 31.0 Å². The quantitative estimate of drug-likeness (QED) is 0.805. The van der Waals surface area contributed by atoms with Crippen LogP contribution in [0.4, 0.5) is 0 Å². The average Bonchev–Trinajstić information content (AvgIpc) is 2.55. The van der Waals surface area contributed by atoms with E-state index in [1.54, 1.807) is 7.11 Å². The van der Waals surface area contributed by atoms with Crippen LogP contribution in [-0.2, 0) is 11.2 Å². The Morgan fingerprint density at radius 2 is 1.90 bits per heavy atom. The fourth-order valence-electron chi connectivity index (χ4n) is 2.85. The number of aryl methyl sites for hydroxylation is 1. The number of hydrogen-bond acceptors (Lipinski definition) is 3. The monoisotopic (exact) mass is 290 g/mol. The molecule has 1 fully saturated rings. The molecule has 1 heterocycles. The maximum absolute atomic E-state index is 11.6. The molecule has 1 aromatic rings. The Kier molecular flexibility index (Phi) is 6.05. The lowest BCUT2D eigenvalue weighted by atomic mass is 10.1. The summed E-state index contributed by atoms with van der Waals surface area (Å²) in [6.45, 7) is 6.77. The fourth-order valence-corrected chi connectivity index (χ4v) is 2.85. The van der Waals surface area contributed by atoms with Gasteiger partial charge in [0, 0.05) is 32.6 Å². The zero-order valence-corrected chi connectivity index (χ0v) is 13.2. The van der Waals surface area contributed by atoms with E-state index in [-0.39, 0.29) is 5.91 Å². The highest BCUT2D eigenvalue weighted by molar-refractivity contribution is 5.75. The van der Waals surface area contributed by atoms with E-state index in [0.29, 0.717) is 6.42 Å². The van der Waals surface area contributed by atoms with Crippen molar-refractivity contribution in [3.8, 4) is 5.75 Å². The van der Waals surface area contributed by atoms with E-state index in [4.69, 9.17) is 4.74 Å². The maximum Gasteiger partial charge on any atom is 0.222 e. The summed E-state index contributed by atoms with van der Waals surface area (Å²) in [5.74, 6) is 1.26. The highest BCUT2D eigenvalue weighted by Crippen LogP contribution is 2.19. The second-order valence-corrected chi connectivity index (χ2v) is 5.49. The van der Waals surface area contributed by atoms with E-state index in [2.05, 4.69) is 17.0 Å².